The highest BCUT2D eigenvalue weighted by Gasteiger charge is 2.17. The first-order valence-electron chi connectivity index (χ1n) is 8.25. The monoisotopic (exact) mass is 360 g/mol. The molecule has 0 unspecified atom stereocenters. The molecule has 3 N–H and O–H groups in total. The predicted molar refractivity (Wildman–Crippen MR) is 108 cm³/mol. The quantitative estimate of drug-likeness (QED) is 0.652. The van der Waals surface area contributed by atoms with E-state index in [4.69, 9.17) is 22.3 Å². The van der Waals surface area contributed by atoms with Crippen molar-refractivity contribution in [2.75, 3.05) is 5.73 Å². The highest BCUT2D eigenvalue weighted by atomic mass is 35.5. The summed E-state index contributed by atoms with van der Waals surface area (Å²) in [5.74, 6) is 0.678. The van der Waals surface area contributed by atoms with Gasteiger partial charge in [-0.3, -0.25) is 5.43 Å². The van der Waals surface area contributed by atoms with Crippen LogP contribution in [0, 0.1) is 6.92 Å². The molecule has 0 aliphatic carbocycles. The van der Waals surface area contributed by atoms with Gasteiger partial charge in [0.2, 0.25) is 0 Å². The van der Waals surface area contributed by atoms with E-state index in [2.05, 4.69) is 23.5 Å². The zero-order chi connectivity index (χ0) is 18.1. The van der Waals surface area contributed by atoms with Crippen molar-refractivity contribution in [3.05, 3.63) is 94.0 Å². The van der Waals surface area contributed by atoms with Gasteiger partial charge in [0.05, 0.1) is 11.4 Å². The molecule has 0 spiro atoms. The Balaban J connectivity index is 1.85. The van der Waals surface area contributed by atoms with Gasteiger partial charge >= 0.3 is 0 Å². The molecular weight excluding hydrogens is 344 g/mol. The minimum Gasteiger partial charge on any atom is -0.399 e. The Hall–Kier alpha value is -3.11. The lowest BCUT2D eigenvalue weighted by Crippen LogP contribution is -2.19. The fraction of sp³-hybridized carbons (Fsp3) is 0.0476. The Morgan fingerprint density at radius 2 is 1.58 bits per heavy atom. The van der Waals surface area contributed by atoms with Crippen molar-refractivity contribution in [3.8, 4) is 0 Å². The van der Waals surface area contributed by atoms with Crippen LogP contribution in [-0.2, 0) is 0 Å². The zero-order valence-electron chi connectivity index (χ0n) is 14.2. The van der Waals surface area contributed by atoms with Crippen LogP contribution in [-0.4, -0.2) is 11.5 Å². The normalized spacial score (nSPS) is 13.2. The molecule has 26 heavy (non-hydrogen) atoms. The second-order valence-electron chi connectivity index (χ2n) is 6.18. The summed E-state index contributed by atoms with van der Waals surface area (Å²) in [4.78, 5) is 4.80. The minimum atomic E-state index is 0.678. The van der Waals surface area contributed by atoms with E-state index in [0.717, 1.165) is 39.3 Å². The van der Waals surface area contributed by atoms with Crippen LogP contribution in [0.25, 0.3) is 0 Å². The predicted octanol–water partition coefficient (Wildman–Crippen LogP) is 4.66. The van der Waals surface area contributed by atoms with Crippen LogP contribution in [0.3, 0.4) is 0 Å². The van der Waals surface area contributed by atoms with Crippen LogP contribution in [0.5, 0.6) is 0 Å². The molecule has 3 aromatic carbocycles. The van der Waals surface area contributed by atoms with Gasteiger partial charge in [0.1, 0.15) is 0 Å². The minimum absolute atomic E-state index is 0.678. The molecule has 128 valence electrons. The third-order valence-corrected chi connectivity index (χ3v) is 4.47. The smallest absolute Gasteiger partial charge is 0.154 e. The van der Waals surface area contributed by atoms with Crippen LogP contribution >= 0.6 is 11.6 Å². The Morgan fingerprint density at radius 3 is 2.31 bits per heavy atom. The summed E-state index contributed by atoms with van der Waals surface area (Å²) in [6, 6.07) is 21.4. The van der Waals surface area contributed by atoms with E-state index in [1.807, 2.05) is 60.7 Å². The molecule has 5 heteroatoms. The maximum atomic E-state index is 6.00. The number of rotatable bonds is 2. The average Bonchev–Trinajstić information content (AvgIpc) is 2.83. The molecule has 4 rings (SSSR count). The Labute approximate surface area is 157 Å². The number of fused-ring (bicyclic) bond motifs is 1. The number of nitrogens with zero attached hydrogens (tertiary/aromatic N) is 2. The lowest BCUT2D eigenvalue weighted by atomic mass is 9.99. The van der Waals surface area contributed by atoms with Crippen LogP contribution in [0.2, 0.25) is 5.02 Å². The number of amidine groups is 1. The van der Waals surface area contributed by atoms with Crippen molar-refractivity contribution in [3.63, 3.8) is 0 Å². The summed E-state index contributed by atoms with van der Waals surface area (Å²) in [6.45, 7) is 2.06. The molecule has 0 bridgehead atoms. The first kappa shape index (κ1) is 16.4. The van der Waals surface area contributed by atoms with E-state index < -0.39 is 0 Å². The van der Waals surface area contributed by atoms with E-state index in [-0.39, 0.29) is 0 Å². The standard InChI is InChI=1S/C21H17ClN4/c1-13-2-11-19-18(12-13)20(14-5-9-17(23)10-6-14)25-26-21(24-19)15-3-7-16(22)8-4-15/h2-12H,23H2,1H3,(H,24,26). The molecule has 1 heterocycles. The van der Waals surface area contributed by atoms with Gasteiger partial charge in [0.15, 0.2) is 5.84 Å². The zero-order valence-corrected chi connectivity index (χ0v) is 15.0. The first-order chi connectivity index (χ1) is 12.6. The van der Waals surface area contributed by atoms with Gasteiger partial charge in [0, 0.05) is 27.4 Å². The largest absolute Gasteiger partial charge is 0.399 e. The van der Waals surface area contributed by atoms with Gasteiger partial charge in [-0.1, -0.05) is 35.4 Å². The highest BCUT2D eigenvalue weighted by Crippen LogP contribution is 2.27. The molecule has 1 aliphatic heterocycles. The van der Waals surface area contributed by atoms with E-state index in [9.17, 15) is 0 Å². The van der Waals surface area contributed by atoms with Crippen LogP contribution in [0.1, 0.15) is 22.3 Å². The third kappa shape index (κ3) is 3.19. The van der Waals surface area contributed by atoms with Crippen LogP contribution < -0.4 is 11.2 Å². The van der Waals surface area contributed by atoms with Crippen LogP contribution in [0.4, 0.5) is 11.4 Å². The molecule has 3 aromatic rings. The molecule has 0 aromatic heterocycles. The van der Waals surface area contributed by atoms with Crippen molar-refractivity contribution in [2.45, 2.75) is 6.92 Å². The number of hydrazone groups is 1. The van der Waals surface area contributed by atoms with Gasteiger partial charge in [-0.15, -0.1) is 0 Å². The van der Waals surface area contributed by atoms with Crippen molar-refractivity contribution in [1.82, 2.24) is 5.43 Å². The fourth-order valence-corrected chi connectivity index (χ4v) is 2.98. The number of aliphatic imine (C=N–C) groups is 1. The number of nitrogens with one attached hydrogen (secondary N) is 1. The van der Waals surface area contributed by atoms with E-state index in [1.54, 1.807) is 0 Å². The second kappa shape index (κ2) is 6.65. The molecular formula is C21H17ClN4. The second-order valence-corrected chi connectivity index (χ2v) is 6.62. The lowest BCUT2D eigenvalue weighted by molar-refractivity contribution is 1.03. The summed E-state index contributed by atoms with van der Waals surface area (Å²) >= 11 is 6.00. The Kier molecular flexibility index (Phi) is 4.19. The number of nitrogen functional groups attached to an aromatic ring is 1. The van der Waals surface area contributed by atoms with Gasteiger partial charge in [-0.2, -0.15) is 5.10 Å². The number of benzene rings is 3. The first-order valence-corrected chi connectivity index (χ1v) is 8.63. The van der Waals surface area contributed by atoms with Gasteiger partial charge < -0.3 is 5.73 Å². The van der Waals surface area contributed by atoms with E-state index in [0.29, 0.717) is 10.9 Å². The summed E-state index contributed by atoms with van der Waals surface area (Å²) in [6.07, 6.45) is 0. The summed E-state index contributed by atoms with van der Waals surface area (Å²) in [5, 5.41) is 5.33. The van der Waals surface area contributed by atoms with Crippen molar-refractivity contribution in [2.24, 2.45) is 10.1 Å². The number of anilines is 1. The van der Waals surface area contributed by atoms with E-state index in [1.165, 1.54) is 0 Å². The van der Waals surface area contributed by atoms with Crippen molar-refractivity contribution < 1.29 is 0 Å². The average molecular weight is 361 g/mol. The number of halogens is 1. The lowest BCUT2D eigenvalue weighted by Gasteiger charge is -2.09. The molecule has 0 amide bonds. The topological polar surface area (TPSA) is 62.8 Å². The maximum absolute atomic E-state index is 6.00. The summed E-state index contributed by atoms with van der Waals surface area (Å²) < 4.78 is 0. The van der Waals surface area contributed by atoms with Crippen molar-refractivity contribution >= 4 is 34.5 Å². The molecule has 1 aliphatic rings. The van der Waals surface area contributed by atoms with Gasteiger partial charge in [-0.05, 0) is 55.5 Å². The van der Waals surface area contributed by atoms with E-state index >= 15 is 0 Å². The molecule has 0 atom stereocenters. The fourth-order valence-electron chi connectivity index (χ4n) is 2.85. The van der Waals surface area contributed by atoms with Gasteiger partial charge in [0.25, 0.3) is 0 Å². The number of aryl methyl sites for hydroxylation is 1. The van der Waals surface area contributed by atoms with Crippen LogP contribution in [0.15, 0.2) is 76.8 Å². The Morgan fingerprint density at radius 1 is 0.885 bits per heavy atom. The van der Waals surface area contributed by atoms with Gasteiger partial charge in [-0.25, -0.2) is 4.99 Å². The summed E-state index contributed by atoms with van der Waals surface area (Å²) in [5.41, 5.74) is 15.4. The molecule has 0 fully saturated rings. The molecule has 0 saturated heterocycles. The summed E-state index contributed by atoms with van der Waals surface area (Å²) in [7, 11) is 0. The molecule has 0 radical (unpaired) electrons. The number of nitrogens with two attached hydrogens (primary N) is 1. The number of hydrogen-bond donors (Lipinski definition) is 2. The highest BCUT2D eigenvalue weighted by molar-refractivity contribution is 6.30. The number of hydrogen-bond acceptors (Lipinski definition) is 4. The maximum Gasteiger partial charge on any atom is 0.154 e. The Bertz CT molecular complexity index is 1020. The molecule has 4 nitrogen and oxygen atoms in total. The SMILES string of the molecule is Cc1ccc2c(c1)C(c1ccc(N)cc1)=NNC(c1ccc(Cl)cc1)=N2. The van der Waals surface area contributed by atoms with Crippen molar-refractivity contribution in [1.29, 1.82) is 0 Å². The third-order valence-electron chi connectivity index (χ3n) is 4.21. The molecule has 0 saturated carbocycles.